The van der Waals surface area contributed by atoms with Crippen LogP contribution in [0.2, 0.25) is 0 Å². The number of hydrogen-bond donors (Lipinski definition) is 3. The minimum absolute atomic E-state index is 0.00335. The van der Waals surface area contributed by atoms with E-state index in [-0.39, 0.29) is 43.4 Å². The van der Waals surface area contributed by atoms with E-state index < -0.39 is 96.1 Å². The van der Waals surface area contributed by atoms with Gasteiger partial charge < -0.3 is 48.9 Å². The summed E-state index contributed by atoms with van der Waals surface area (Å²) in [6.07, 6.45) is 4.20. The number of cyclic esters (lactones) is 1. The lowest BCUT2D eigenvalue weighted by Gasteiger charge is -2.47. The van der Waals surface area contributed by atoms with Gasteiger partial charge in [-0.15, -0.1) is 6.58 Å². The molecular formula is C47H74N2O13. The number of allylic oxidation sites excluding steroid dienone is 4. The Balaban J connectivity index is 1.75. The Kier molecular flexibility index (Phi) is 19.4. The molecule has 3 aliphatic heterocycles. The number of hydrogen-bond acceptors (Lipinski definition) is 13. The molecule has 0 aromatic carbocycles. The summed E-state index contributed by atoms with van der Waals surface area (Å²) in [6, 6.07) is -1.17. The third kappa shape index (κ3) is 12.6. The van der Waals surface area contributed by atoms with Crippen LogP contribution in [0.3, 0.4) is 0 Å². The molecule has 3 heterocycles. The molecule has 2 amide bonds. The zero-order valence-electron chi connectivity index (χ0n) is 38.5. The van der Waals surface area contributed by atoms with Crippen molar-refractivity contribution in [3.8, 4) is 0 Å². The number of alkyl carbamates (subject to hydrolysis) is 1. The molecule has 2 bridgehead atoms. The number of aliphatic hydroxyl groups excluding tert-OH is 1. The largest absolute Gasteiger partial charge is 0.456 e. The minimum atomic E-state index is -2.53. The number of rotatable bonds is 9. The number of carbonyl (C=O) groups is 5. The Hall–Kier alpha value is -3.47. The summed E-state index contributed by atoms with van der Waals surface area (Å²) in [5, 5.41) is 26.5. The predicted octanol–water partition coefficient (Wildman–Crippen LogP) is 5.39. The van der Waals surface area contributed by atoms with Gasteiger partial charge in [-0.1, -0.05) is 44.6 Å². The first-order valence-electron chi connectivity index (χ1n) is 22.6. The van der Waals surface area contributed by atoms with Crippen LogP contribution >= 0.6 is 0 Å². The van der Waals surface area contributed by atoms with E-state index in [1.54, 1.807) is 40.9 Å². The fourth-order valence-electron chi connectivity index (χ4n) is 9.87. The highest BCUT2D eigenvalue weighted by Crippen LogP contribution is 2.39. The first-order chi connectivity index (χ1) is 29.4. The van der Waals surface area contributed by atoms with Gasteiger partial charge in [-0.2, -0.15) is 0 Å². The molecule has 0 unspecified atom stereocenters. The molecule has 1 aliphatic carbocycles. The zero-order chi connectivity index (χ0) is 45.9. The number of fused-ring (bicyclic) bond motifs is 3. The van der Waals surface area contributed by atoms with Crippen LogP contribution in [0.4, 0.5) is 4.79 Å². The van der Waals surface area contributed by atoms with Crippen molar-refractivity contribution >= 4 is 29.5 Å². The Morgan fingerprint density at radius 1 is 0.968 bits per heavy atom. The molecule has 350 valence electrons. The fourth-order valence-corrected chi connectivity index (χ4v) is 9.87. The number of amides is 2. The Morgan fingerprint density at radius 2 is 1.65 bits per heavy atom. The number of Topliss-reactive ketones (excluding diaryl/α,β-unsaturated/α-hetero) is 2. The quantitative estimate of drug-likeness (QED) is 0.152. The average Bonchev–Trinajstić information content (AvgIpc) is 3.24. The van der Waals surface area contributed by atoms with Crippen molar-refractivity contribution < 1.29 is 62.6 Å². The SMILES string of the molecule is C=CC[C@@H]1/C=C(\C)C[C@H](C)C[C@H](OC)[C@H]2O[C@@](O)(C(=O)C(=O)N3CCCC[C@H]3C(=O)O[C@H](/C(C)=C/[C@@H]3CC[C@@H](OC(=O)NCC)[C@H](OC)C3)[C@H](C)[C@@H](O)CC1=O)[C@H](C)C[C@@H]2OC. The fraction of sp³-hybridized carbons (Fsp3) is 0.766. The molecule has 0 radical (unpaired) electrons. The second kappa shape index (κ2) is 23.5. The molecule has 3 N–H and O–H groups in total. The van der Waals surface area contributed by atoms with Gasteiger partial charge in [0.2, 0.25) is 5.79 Å². The summed E-state index contributed by atoms with van der Waals surface area (Å²) in [5.74, 6) is -7.98. The molecule has 0 aromatic heterocycles. The third-order valence-corrected chi connectivity index (χ3v) is 13.4. The topological polar surface area (TPSA) is 196 Å². The first kappa shape index (κ1) is 51.2. The van der Waals surface area contributed by atoms with Crippen LogP contribution < -0.4 is 5.32 Å². The molecule has 3 fully saturated rings. The van der Waals surface area contributed by atoms with Gasteiger partial charge in [-0.3, -0.25) is 14.4 Å². The number of nitrogens with zero attached hydrogens (tertiary/aromatic N) is 1. The van der Waals surface area contributed by atoms with Crippen molar-refractivity contribution in [3.63, 3.8) is 0 Å². The lowest BCUT2D eigenvalue weighted by atomic mass is 9.81. The maximum absolute atomic E-state index is 14.4. The molecule has 15 nitrogen and oxygen atoms in total. The maximum Gasteiger partial charge on any atom is 0.407 e. The standard InChI is InChI=1S/C47H74N2O13/c1-11-15-33-21-27(3)20-28(4)22-39(58-9)42-40(59-10)24-30(6)47(56,62-42)43(52)44(53)49-19-14-13-16-34(49)45(54)61-41(31(7)35(50)26-36(33)51)29(5)23-32-17-18-37(38(25-32)57-8)60-46(55)48-12-2/h11,21,23,28,30-35,37-42,50,56H,1,12-20,22,24-26H2,2-10H3,(H,48,55)/b27-21+,29-23+/t28-,30+,31+,32-,33+,34-,35-,37+,38+,39-,40-,41+,42+,47+/m0/s1. The maximum atomic E-state index is 14.4. The van der Waals surface area contributed by atoms with Crippen LogP contribution in [-0.4, -0.2) is 134 Å². The summed E-state index contributed by atoms with van der Waals surface area (Å²) < 4.78 is 35.7. The molecule has 4 rings (SSSR count). The third-order valence-electron chi connectivity index (χ3n) is 13.4. The van der Waals surface area contributed by atoms with Gasteiger partial charge in [0, 0.05) is 58.6 Å². The first-order valence-corrected chi connectivity index (χ1v) is 22.6. The van der Waals surface area contributed by atoms with Gasteiger partial charge in [0.05, 0.1) is 24.4 Å². The number of aliphatic hydroxyl groups is 2. The summed E-state index contributed by atoms with van der Waals surface area (Å²) in [4.78, 5) is 70.5. The van der Waals surface area contributed by atoms with E-state index in [1.165, 1.54) is 19.1 Å². The average molecular weight is 875 g/mol. The Bertz CT molecular complexity index is 1630. The van der Waals surface area contributed by atoms with Crippen molar-refractivity contribution in [2.45, 2.75) is 167 Å². The zero-order valence-corrected chi connectivity index (χ0v) is 38.5. The monoisotopic (exact) mass is 875 g/mol. The van der Waals surface area contributed by atoms with Crippen molar-refractivity contribution in [1.82, 2.24) is 10.2 Å². The minimum Gasteiger partial charge on any atom is -0.456 e. The van der Waals surface area contributed by atoms with Crippen LogP contribution in [0, 0.1) is 29.6 Å². The number of esters is 1. The number of carbonyl (C=O) groups excluding carboxylic acids is 5. The van der Waals surface area contributed by atoms with E-state index in [1.807, 2.05) is 26.0 Å². The Morgan fingerprint density at radius 3 is 2.29 bits per heavy atom. The number of ketones is 2. The summed E-state index contributed by atoms with van der Waals surface area (Å²) >= 11 is 0. The van der Waals surface area contributed by atoms with Crippen molar-refractivity contribution in [2.75, 3.05) is 34.4 Å². The molecule has 0 aromatic rings. The van der Waals surface area contributed by atoms with E-state index in [4.69, 9.17) is 28.4 Å². The van der Waals surface area contributed by atoms with Crippen LogP contribution in [0.15, 0.2) is 36.0 Å². The molecule has 2 saturated heterocycles. The van der Waals surface area contributed by atoms with Crippen molar-refractivity contribution in [3.05, 3.63) is 36.0 Å². The van der Waals surface area contributed by atoms with Gasteiger partial charge in [-0.25, -0.2) is 9.59 Å². The van der Waals surface area contributed by atoms with Crippen molar-refractivity contribution in [2.24, 2.45) is 29.6 Å². The highest BCUT2D eigenvalue weighted by Gasteiger charge is 2.56. The lowest BCUT2D eigenvalue weighted by molar-refractivity contribution is -0.302. The predicted molar refractivity (Wildman–Crippen MR) is 231 cm³/mol. The molecule has 0 spiro atoms. The van der Waals surface area contributed by atoms with Gasteiger partial charge in [-0.05, 0) is 102 Å². The highest BCUT2D eigenvalue weighted by molar-refractivity contribution is 6.39. The van der Waals surface area contributed by atoms with Gasteiger partial charge in [0.25, 0.3) is 11.7 Å². The normalized spacial score (nSPS) is 38.4. The summed E-state index contributed by atoms with van der Waals surface area (Å²) in [5.41, 5.74) is 1.57. The van der Waals surface area contributed by atoms with Crippen LogP contribution in [-0.2, 0) is 47.6 Å². The van der Waals surface area contributed by atoms with E-state index in [0.29, 0.717) is 63.5 Å². The van der Waals surface area contributed by atoms with Gasteiger partial charge in [0.1, 0.15) is 30.1 Å². The lowest BCUT2D eigenvalue weighted by Crippen LogP contribution is -2.64. The molecule has 14 atom stereocenters. The molecule has 62 heavy (non-hydrogen) atoms. The van der Waals surface area contributed by atoms with Crippen LogP contribution in [0.25, 0.3) is 0 Å². The van der Waals surface area contributed by atoms with E-state index >= 15 is 0 Å². The second-order valence-corrected chi connectivity index (χ2v) is 18.2. The number of nitrogens with one attached hydrogen (secondary N) is 1. The second-order valence-electron chi connectivity index (χ2n) is 18.2. The van der Waals surface area contributed by atoms with Crippen molar-refractivity contribution in [1.29, 1.82) is 0 Å². The highest BCUT2D eigenvalue weighted by atomic mass is 16.7. The van der Waals surface area contributed by atoms with Gasteiger partial charge in [0.15, 0.2) is 0 Å². The molecule has 4 aliphatic rings. The Labute approximate surface area is 368 Å². The molecule has 1 saturated carbocycles. The van der Waals surface area contributed by atoms with Crippen LogP contribution in [0.5, 0.6) is 0 Å². The van der Waals surface area contributed by atoms with E-state index in [0.717, 1.165) is 5.57 Å². The van der Waals surface area contributed by atoms with E-state index in [9.17, 15) is 34.2 Å². The number of methoxy groups -OCH3 is 3. The van der Waals surface area contributed by atoms with Crippen LogP contribution in [0.1, 0.15) is 112 Å². The van der Waals surface area contributed by atoms with Gasteiger partial charge >= 0.3 is 12.1 Å². The number of piperidine rings is 1. The summed E-state index contributed by atoms with van der Waals surface area (Å²) in [6.45, 7) is 15.3. The molecule has 15 heteroatoms. The summed E-state index contributed by atoms with van der Waals surface area (Å²) in [7, 11) is 4.61. The molecular weight excluding hydrogens is 801 g/mol. The smallest absolute Gasteiger partial charge is 0.407 e. The van der Waals surface area contributed by atoms with E-state index in [2.05, 4.69) is 11.9 Å². The number of ether oxygens (including phenoxy) is 6.